The Morgan fingerprint density at radius 1 is 1.50 bits per heavy atom. The standard InChI is InChI=1S/C11H10N2O3/c1-2-16-10(14)7-6-8-4-3-5-9(13-8)11(12)15/h3-5H,2H2,1H3,(H2,12,15). The lowest BCUT2D eigenvalue weighted by molar-refractivity contribution is -0.136. The maximum Gasteiger partial charge on any atom is 0.384 e. The lowest BCUT2D eigenvalue weighted by Crippen LogP contribution is -2.13. The lowest BCUT2D eigenvalue weighted by atomic mass is 10.3. The van der Waals surface area contributed by atoms with Crippen LogP contribution in [0.1, 0.15) is 23.1 Å². The molecule has 5 nitrogen and oxygen atoms in total. The summed E-state index contributed by atoms with van der Waals surface area (Å²) < 4.78 is 4.61. The van der Waals surface area contributed by atoms with Crippen molar-refractivity contribution in [2.75, 3.05) is 6.61 Å². The molecule has 2 N–H and O–H groups in total. The molecular formula is C11H10N2O3. The van der Waals surface area contributed by atoms with Gasteiger partial charge in [-0.1, -0.05) is 6.07 Å². The predicted molar refractivity (Wildman–Crippen MR) is 56.3 cm³/mol. The third kappa shape index (κ3) is 3.42. The van der Waals surface area contributed by atoms with E-state index in [-0.39, 0.29) is 12.3 Å². The van der Waals surface area contributed by atoms with E-state index in [2.05, 4.69) is 21.6 Å². The Kier molecular flexibility index (Phi) is 4.04. The average molecular weight is 218 g/mol. The zero-order chi connectivity index (χ0) is 12.0. The average Bonchev–Trinajstić information content (AvgIpc) is 2.27. The Bertz CT molecular complexity index is 472. The van der Waals surface area contributed by atoms with Gasteiger partial charge in [-0.15, -0.1) is 0 Å². The molecule has 16 heavy (non-hydrogen) atoms. The molecule has 1 amide bonds. The lowest BCUT2D eigenvalue weighted by Gasteiger charge is -1.94. The molecule has 0 bridgehead atoms. The van der Waals surface area contributed by atoms with Crippen molar-refractivity contribution >= 4 is 11.9 Å². The number of amides is 1. The van der Waals surface area contributed by atoms with Gasteiger partial charge in [0.05, 0.1) is 6.61 Å². The molecule has 0 aliphatic heterocycles. The van der Waals surface area contributed by atoms with Gasteiger partial charge in [-0.2, -0.15) is 0 Å². The third-order valence-corrected chi connectivity index (χ3v) is 1.57. The number of carbonyl (C=O) groups is 2. The Labute approximate surface area is 92.6 Å². The number of pyridine rings is 1. The van der Waals surface area contributed by atoms with E-state index in [1.54, 1.807) is 19.1 Å². The Morgan fingerprint density at radius 3 is 2.88 bits per heavy atom. The van der Waals surface area contributed by atoms with Crippen molar-refractivity contribution in [3.05, 3.63) is 29.6 Å². The second-order valence-electron chi connectivity index (χ2n) is 2.74. The summed E-state index contributed by atoms with van der Waals surface area (Å²) in [6, 6.07) is 4.62. The van der Waals surface area contributed by atoms with Gasteiger partial charge in [-0.3, -0.25) is 4.79 Å². The van der Waals surface area contributed by atoms with E-state index in [9.17, 15) is 9.59 Å². The van der Waals surface area contributed by atoms with E-state index in [0.717, 1.165) is 0 Å². The summed E-state index contributed by atoms with van der Waals surface area (Å²) in [7, 11) is 0. The summed E-state index contributed by atoms with van der Waals surface area (Å²) in [5.41, 5.74) is 5.45. The number of nitrogens with zero attached hydrogens (tertiary/aromatic N) is 1. The number of hydrogen-bond donors (Lipinski definition) is 1. The molecule has 0 fully saturated rings. The molecule has 0 spiro atoms. The maximum atomic E-state index is 10.9. The molecule has 0 saturated carbocycles. The van der Waals surface area contributed by atoms with Crippen LogP contribution in [0.5, 0.6) is 0 Å². The third-order valence-electron chi connectivity index (χ3n) is 1.57. The summed E-state index contributed by atoms with van der Waals surface area (Å²) in [6.07, 6.45) is 0. The quantitative estimate of drug-likeness (QED) is 0.563. The van der Waals surface area contributed by atoms with E-state index >= 15 is 0 Å². The highest BCUT2D eigenvalue weighted by molar-refractivity contribution is 5.91. The van der Waals surface area contributed by atoms with Crippen LogP contribution in [0.3, 0.4) is 0 Å². The molecule has 0 aliphatic rings. The van der Waals surface area contributed by atoms with Gasteiger partial charge in [0.2, 0.25) is 0 Å². The van der Waals surface area contributed by atoms with Crippen LogP contribution in [-0.4, -0.2) is 23.5 Å². The highest BCUT2D eigenvalue weighted by Gasteiger charge is 2.01. The zero-order valence-electron chi connectivity index (χ0n) is 8.69. The largest absolute Gasteiger partial charge is 0.456 e. The van der Waals surface area contributed by atoms with Crippen LogP contribution in [0.25, 0.3) is 0 Å². The smallest absolute Gasteiger partial charge is 0.384 e. The number of rotatable bonds is 2. The van der Waals surface area contributed by atoms with Gasteiger partial charge in [0.1, 0.15) is 11.4 Å². The molecule has 1 aromatic rings. The van der Waals surface area contributed by atoms with Gasteiger partial charge >= 0.3 is 5.97 Å². The fourth-order valence-corrected chi connectivity index (χ4v) is 0.924. The first-order valence-corrected chi connectivity index (χ1v) is 4.59. The number of aromatic nitrogens is 1. The summed E-state index contributed by atoms with van der Waals surface area (Å²) in [6.45, 7) is 1.95. The molecule has 82 valence electrons. The molecule has 0 aliphatic carbocycles. The maximum absolute atomic E-state index is 10.9. The van der Waals surface area contributed by atoms with Crippen molar-refractivity contribution in [3.63, 3.8) is 0 Å². The Morgan fingerprint density at radius 2 is 2.25 bits per heavy atom. The number of ether oxygens (including phenoxy) is 1. The van der Waals surface area contributed by atoms with Crippen molar-refractivity contribution in [3.8, 4) is 11.8 Å². The minimum atomic E-state index is -0.639. The van der Waals surface area contributed by atoms with Crippen molar-refractivity contribution in [2.45, 2.75) is 6.92 Å². The van der Waals surface area contributed by atoms with Crippen LogP contribution in [0.2, 0.25) is 0 Å². The first-order valence-electron chi connectivity index (χ1n) is 4.59. The SMILES string of the molecule is CCOC(=O)C#Cc1cccc(C(N)=O)n1. The second kappa shape index (κ2) is 5.51. The fourth-order valence-electron chi connectivity index (χ4n) is 0.924. The fraction of sp³-hybridized carbons (Fsp3) is 0.182. The van der Waals surface area contributed by atoms with E-state index in [1.165, 1.54) is 6.07 Å². The predicted octanol–water partition coefficient (Wildman–Crippen LogP) is 0.0951. The van der Waals surface area contributed by atoms with Crippen LogP contribution in [0.4, 0.5) is 0 Å². The molecule has 1 rings (SSSR count). The number of nitrogens with two attached hydrogens (primary N) is 1. The summed E-state index contributed by atoms with van der Waals surface area (Å²) in [5.74, 6) is 3.45. The molecular weight excluding hydrogens is 208 g/mol. The number of carbonyl (C=O) groups excluding carboxylic acids is 2. The topological polar surface area (TPSA) is 82.3 Å². The monoisotopic (exact) mass is 218 g/mol. The highest BCUT2D eigenvalue weighted by Crippen LogP contribution is 1.96. The van der Waals surface area contributed by atoms with Crippen LogP contribution in [0, 0.1) is 11.8 Å². The van der Waals surface area contributed by atoms with Crippen molar-refractivity contribution in [1.82, 2.24) is 4.98 Å². The van der Waals surface area contributed by atoms with Crippen LogP contribution < -0.4 is 5.73 Å². The molecule has 0 saturated heterocycles. The van der Waals surface area contributed by atoms with E-state index in [0.29, 0.717) is 5.69 Å². The minimum absolute atomic E-state index is 0.107. The first kappa shape index (κ1) is 11.7. The van der Waals surface area contributed by atoms with E-state index in [4.69, 9.17) is 5.73 Å². The molecule has 1 heterocycles. The molecule has 0 aromatic carbocycles. The first-order chi connectivity index (χ1) is 7.63. The molecule has 0 unspecified atom stereocenters. The summed E-state index contributed by atoms with van der Waals surface area (Å²) in [4.78, 5) is 25.6. The van der Waals surface area contributed by atoms with Crippen LogP contribution >= 0.6 is 0 Å². The van der Waals surface area contributed by atoms with Gasteiger partial charge < -0.3 is 10.5 Å². The van der Waals surface area contributed by atoms with E-state index < -0.39 is 11.9 Å². The molecule has 1 aromatic heterocycles. The minimum Gasteiger partial charge on any atom is -0.456 e. The normalized spacial score (nSPS) is 8.81. The Balaban J connectivity index is 2.85. The van der Waals surface area contributed by atoms with Crippen molar-refractivity contribution < 1.29 is 14.3 Å². The molecule has 5 heteroatoms. The highest BCUT2D eigenvalue weighted by atomic mass is 16.5. The number of hydrogen-bond acceptors (Lipinski definition) is 4. The second-order valence-corrected chi connectivity index (χ2v) is 2.74. The zero-order valence-corrected chi connectivity index (χ0v) is 8.69. The van der Waals surface area contributed by atoms with Gasteiger partial charge in [-0.05, 0) is 25.0 Å². The van der Waals surface area contributed by atoms with Crippen LogP contribution in [-0.2, 0) is 9.53 Å². The van der Waals surface area contributed by atoms with Crippen LogP contribution in [0.15, 0.2) is 18.2 Å². The summed E-state index contributed by atoms with van der Waals surface area (Å²) in [5, 5.41) is 0. The molecule has 0 radical (unpaired) electrons. The summed E-state index contributed by atoms with van der Waals surface area (Å²) >= 11 is 0. The van der Waals surface area contributed by atoms with Crippen molar-refractivity contribution in [1.29, 1.82) is 0 Å². The van der Waals surface area contributed by atoms with E-state index in [1.807, 2.05) is 0 Å². The van der Waals surface area contributed by atoms with Crippen molar-refractivity contribution in [2.24, 2.45) is 5.73 Å². The number of primary amides is 1. The van der Waals surface area contributed by atoms with Gasteiger partial charge in [0, 0.05) is 5.92 Å². The van der Waals surface area contributed by atoms with Gasteiger partial charge in [-0.25, -0.2) is 9.78 Å². The van der Waals surface area contributed by atoms with Gasteiger partial charge in [0.15, 0.2) is 0 Å². The molecule has 0 atom stereocenters. The number of esters is 1. The Hall–Kier alpha value is -2.35. The van der Waals surface area contributed by atoms with Gasteiger partial charge in [0.25, 0.3) is 5.91 Å².